The van der Waals surface area contributed by atoms with Crippen molar-refractivity contribution in [3.05, 3.63) is 53.2 Å². The quantitative estimate of drug-likeness (QED) is 0.851. The Kier molecular flexibility index (Phi) is 4.78. The van der Waals surface area contributed by atoms with Crippen LogP contribution in [0.2, 0.25) is 0 Å². The lowest BCUT2D eigenvalue weighted by molar-refractivity contribution is 0.0517. The summed E-state index contributed by atoms with van der Waals surface area (Å²) in [5.74, 6) is -2.47. The molecule has 1 aromatic heterocycles. The van der Waals surface area contributed by atoms with Gasteiger partial charge in [-0.2, -0.15) is 0 Å². The van der Waals surface area contributed by atoms with Crippen LogP contribution in [0.25, 0.3) is 0 Å². The van der Waals surface area contributed by atoms with E-state index in [4.69, 9.17) is 4.42 Å². The third-order valence-corrected chi connectivity index (χ3v) is 4.19. The predicted octanol–water partition coefficient (Wildman–Crippen LogP) is 2.11. The molecule has 2 amide bonds. The first kappa shape index (κ1) is 17.1. The van der Waals surface area contributed by atoms with Crippen LogP contribution in [0.1, 0.15) is 33.5 Å². The number of benzene rings is 1. The van der Waals surface area contributed by atoms with Gasteiger partial charge in [0.05, 0.1) is 5.69 Å². The molecular weight excluding hydrogens is 332 g/mol. The molecule has 6 nitrogen and oxygen atoms in total. The highest BCUT2D eigenvalue weighted by Crippen LogP contribution is 2.16. The van der Waals surface area contributed by atoms with Gasteiger partial charge in [-0.3, -0.25) is 9.59 Å². The summed E-state index contributed by atoms with van der Waals surface area (Å²) in [5, 5.41) is 0. The molecule has 3 rings (SSSR count). The number of carbonyl (C=O) groups is 2. The second kappa shape index (κ2) is 7.00. The van der Waals surface area contributed by atoms with Gasteiger partial charge in [-0.25, -0.2) is 13.8 Å². The highest BCUT2D eigenvalue weighted by atomic mass is 19.2. The predicted molar refractivity (Wildman–Crippen MR) is 84.0 cm³/mol. The number of nitrogens with zero attached hydrogens (tertiary/aromatic N) is 3. The van der Waals surface area contributed by atoms with Crippen molar-refractivity contribution >= 4 is 11.8 Å². The van der Waals surface area contributed by atoms with Gasteiger partial charge in [0.25, 0.3) is 11.8 Å². The average molecular weight is 349 g/mol. The van der Waals surface area contributed by atoms with Crippen molar-refractivity contribution in [1.29, 1.82) is 0 Å². The number of amides is 2. The molecule has 0 atom stereocenters. The normalized spacial score (nSPS) is 14.7. The Balaban J connectivity index is 1.64. The number of hydrogen-bond acceptors (Lipinski definition) is 4. The lowest BCUT2D eigenvalue weighted by atomic mass is 10.1. The van der Waals surface area contributed by atoms with Gasteiger partial charge in [0.1, 0.15) is 0 Å². The SMILES string of the molecule is CCc1ncoc1C(=O)N1CCN(C(=O)c2ccc(F)c(F)c2)CC1. The third-order valence-electron chi connectivity index (χ3n) is 4.19. The zero-order chi connectivity index (χ0) is 18.0. The Labute approximate surface area is 143 Å². The van der Waals surface area contributed by atoms with Crippen LogP contribution in [-0.2, 0) is 6.42 Å². The fraction of sp³-hybridized carbons (Fsp3) is 0.353. The molecule has 1 saturated heterocycles. The fourth-order valence-electron chi connectivity index (χ4n) is 2.76. The van der Waals surface area contributed by atoms with E-state index in [2.05, 4.69) is 4.98 Å². The van der Waals surface area contributed by atoms with E-state index in [0.29, 0.717) is 38.3 Å². The number of aromatic nitrogens is 1. The first-order chi connectivity index (χ1) is 12.0. The number of halogens is 2. The lowest BCUT2D eigenvalue weighted by Crippen LogP contribution is -2.50. The first-order valence-electron chi connectivity index (χ1n) is 7.97. The number of rotatable bonds is 3. The van der Waals surface area contributed by atoms with E-state index in [1.807, 2.05) is 6.92 Å². The van der Waals surface area contributed by atoms with Crippen molar-refractivity contribution in [3.8, 4) is 0 Å². The van der Waals surface area contributed by atoms with Gasteiger partial charge in [-0.05, 0) is 24.6 Å². The van der Waals surface area contributed by atoms with E-state index in [-0.39, 0.29) is 23.1 Å². The summed E-state index contributed by atoms with van der Waals surface area (Å²) >= 11 is 0. The van der Waals surface area contributed by atoms with Crippen molar-refractivity contribution in [2.24, 2.45) is 0 Å². The summed E-state index contributed by atoms with van der Waals surface area (Å²) in [6.07, 6.45) is 1.83. The first-order valence-corrected chi connectivity index (χ1v) is 7.97. The summed E-state index contributed by atoms with van der Waals surface area (Å²) < 4.78 is 31.4. The summed E-state index contributed by atoms with van der Waals surface area (Å²) in [6.45, 7) is 3.15. The molecule has 1 aliphatic rings. The van der Waals surface area contributed by atoms with Gasteiger partial charge in [-0.15, -0.1) is 0 Å². The molecule has 0 aliphatic carbocycles. The summed E-state index contributed by atoms with van der Waals surface area (Å²) in [6, 6.07) is 3.07. The molecule has 0 saturated carbocycles. The maximum absolute atomic E-state index is 13.3. The van der Waals surface area contributed by atoms with Gasteiger partial charge in [-0.1, -0.05) is 6.92 Å². The fourth-order valence-corrected chi connectivity index (χ4v) is 2.76. The number of carbonyl (C=O) groups excluding carboxylic acids is 2. The Morgan fingerprint density at radius 3 is 2.32 bits per heavy atom. The average Bonchev–Trinajstić information content (AvgIpc) is 3.11. The highest BCUT2D eigenvalue weighted by molar-refractivity contribution is 5.95. The van der Waals surface area contributed by atoms with E-state index in [9.17, 15) is 18.4 Å². The maximum atomic E-state index is 13.3. The van der Waals surface area contributed by atoms with Crippen molar-refractivity contribution in [3.63, 3.8) is 0 Å². The Hall–Kier alpha value is -2.77. The molecule has 0 radical (unpaired) electrons. The van der Waals surface area contributed by atoms with Crippen LogP contribution in [0.5, 0.6) is 0 Å². The summed E-state index contributed by atoms with van der Waals surface area (Å²) in [7, 11) is 0. The minimum Gasteiger partial charge on any atom is -0.438 e. The van der Waals surface area contributed by atoms with Crippen molar-refractivity contribution in [1.82, 2.24) is 14.8 Å². The second-order valence-electron chi connectivity index (χ2n) is 5.70. The highest BCUT2D eigenvalue weighted by Gasteiger charge is 2.28. The molecule has 8 heteroatoms. The molecule has 25 heavy (non-hydrogen) atoms. The number of hydrogen-bond donors (Lipinski definition) is 0. The van der Waals surface area contributed by atoms with Crippen molar-refractivity contribution in [2.75, 3.05) is 26.2 Å². The van der Waals surface area contributed by atoms with Crippen LogP contribution in [0.3, 0.4) is 0 Å². The van der Waals surface area contributed by atoms with Gasteiger partial charge in [0.2, 0.25) is 5.76 Å². The van der Waals surface area contributed by atoms with E-state index in [1.54, 1.807) is 4.90 Å². The van der Waals surface area contributed by atoms with Gasteiger partial charge < -0.3 is 14.2 Å². The minimum absolute atomic E-state index is 0.0854. The van der Waals surface area contributed by atoms with Crippen molar-refractivity contribution < 1.29 is 22.8 Å². The summed E-state index contributed by atoms with van der Waals surface area (Å²) in [5.41, 5.74) is 0.687. The zero-order valence-corrected chi connectivity index (χ0v) is 13.7. The molecule has 0 N–H and O–H groups in total. The molecule has 0 unspecified atom stereocenters. The number of piperazine rings is 1. The van der Waals surface area contributed by atoms with E-state index < -0.39 is 11.6 Å². The monoisotopic (exact) mass is 349 g/mol. The van der Waals surface area contributed by atoms with E-state index in [0.717, 1.165) is 12.1 Å². The van der Waals surface area contributed by atoms with Gasteiger partial charge in [0.15, 0.2) is 18.0 Å². The lowest BCUT2D eigenvalue weighted by Gasteiger charge is -2.34. The number of aryl methyl sites for hydroxylation is 1. The molecule has 2 heterocycles. The number of oxazole rings is 1. The molecule has 0 bridgehead atoms. The smallest absolute Gasteiger partial charge is 0.291 e. The van der Waals surface area contributed by atoms with Crippen LogP contribution >= 0.6 is 0 Å². The van der Waals surface area contributed by atoms with Crippen LogP contribution in [-0.4, -0.2) is 52.8 Å². The zero-order valence-electron chi connectivity index (χ0n) is 13.7. The van der Waals surface area contributed by atoms with Crippen molar-refractivity contribution in [2.45, 2.75) is 13.3 Å². The minimum atomic E-state index is -1.06. The third kappa shape index (κ3) is 3.38. The maximum Gasteiger partial charge on any atom is 0.291 e. The van der Waals surface area contributed by atoms with Gasteiger partial charge >= 0.3 is 0 Å². The Bertz CT molecular complexity index is 798. The molecular formula is C17H17F2N3O3. The molecule has 1 aliphatic heterocycles. The van der Waals surface area contributed by atoms with Crippen LogP contribution in [0.15, 0.2) is 29.0 Å². The van der Waals surface area contributed by atoms with Crippen LogP contribution in [0.4, 0.5) is 8.78 Å². The Morgan fingerprint density at radius 2 is 1.72 bits per heavy atom. The topological polar surface area (TPSA) is 66.7 Å². The van der Waals surface area contributed by atoms with E-state index >= 15 is 0 Å². The largest absolute Gasteiger partial charge is 0.438 e. The summed E-state index contributed by atoms with van der Waals surface area (Å²) in [4.78, 5) is 31.9. The second-order valence-corrected chi connectivity index (χ2v) is 5.70. The van der Waals surface area contributed by atoms with Crippen LogP contribution in [0, 0.1) is 11.6 Å². The standard InChI is InChI=1S/C17H17F2N3O3/c1-2-14-15(25-10-20-14)17(24)22-7-5-21(6-8-22)16(23)11-3-4-12(18)13(19)9-11/h3-4,9-10H,2,5-8H2,1H3. The molecule has 132 valence electrons. The van der Waals surface area contributed by atoms with E-state index in [1.165, 1.54) is 17.4 Å². The molecule has 1 aromatic carbocycles. The molecule has 2 aromatic rings. The molecule has 0 spiro atoms. The molecule has 1 fully saturated rings. The Morgan fingerprint density at radius 1 is 1.08 bits per heavy atom. The van der Waals surface area contributed by atoms with Crippen LogP contribution < -0.4 is 0 Å². The van der Waals surface area contributed by atoms with Gasteiger partial charge in [0, 0.05) is 31.7 Å².